The molecule has 3 fully saturated rings. The van der Waals surface area contributed by atoms with E-state index in [2.05, 4.69) is 185 Å². The monoisotopic (exact) mass is 1670 g/mol. The summed E-state index contributed by atoms with van der Waals surface area (Å²) in [6, 6.07) is 52.8. The number of aromatic nitrogens is 10. The maximum atomic E-state index is 13.9. The normalized spacial score (nSPS) is 14.1. The van der Waals surface area contributed by atoms with Crippen LogP contribution in [-0.4, -0.2) is 187 Å². The molecule has 4 aliphatic rings. The number of hydrogen-bond acceptors (Lipinski definition) is 22. The van der Waals surface area contributed by atoms with Gasteiger partial charge in [0.1, 0.15) is 53.9 Å². The van der Waals surface area contributed by atoms with Crippen molar-refractivity contribution in [2.24, 2.45) is 0 Å². The van der Waals surface area contributed by atoms with E-state index in [9.17, 15) is 14.4 Å². The lowest BCUT2D eigenvalue weighted by Crippen LogP contribution is -2.46. The number of fused-ring (bicyclic) bond motifs is 1. The minimum Gasteiger partial charge on any atom is -0.454 e. The predicted octanol–water partition coefficient (Wildman–Crippen LogP) is 18.3. The number of ether oxygens (including phenoxy) is 2. The molecule has 0 bridgehead atoms. The van der Waals surface area contributed by atoms with E-state index >= 15 is 0 Å². The Bertz CT molecular complexity index is 5540. The molecule has 0 radical (unpaired) electrons. The number of nitrogens with zero attached hydrogens (tertiary/aromatic N) is 19. The predicted molar refractivity (Wildman–Crippen MR) is 497 cm³/mol. The number of hydrogen-bond donors (Lipinski definition) is 6. The number of nitrogens with one attached hydrogen (secondary N) is 6. The zero-order valence-corrected chi connectivity index (χ0v) is 73.1. The van der Waals surface area contributed by atoms with Crippen LogP contribution in [0.2, 0.25) is 0 Å². The molecule has 0 saturated carbocycles. The highest BCUT2D eigenvalue weighted by atomic mass is 16.7. The summed E-state index contributed by atoms with van der Waals surface area (Å²) in [6.45, 7) is 42.7. The van der Waals surface area contributed by atoms with E-state index in [1.807, 2.05) is 162 Å². The summed E-state index contributed by atoms with van der Waals surface area (Å²) in [7, 11) is 0. The van der Waals surface area contributed by atoms with Crippen molar-refractivity contribution < 1.29 is 23.9 Å². The molecule has 12 aromatic rings. The Morgan fingerprint density at radius 2 is 0.694 bits per heavy atom. The first-order valence-electron chi connectivity index (χ1n) is 42.6. The highest BCUT2D eigenvalue weighted by Crippen LogP contribution is 2.40. The third kappa shape index (κ3) is 21.4. The Morgan fingerprint density at radius 1 is 0.363 bits per heavy atom. The molecule has 30 nitrogen and oxygen atoms in total. The highest BCUT2D eigenvalue weighted by Gasteiger charge is 2.29. The van der Waals surface area contributed by atoms with Gasteiger partial charge in [-0.15, -0.1) is 0 Å². The van der Waals surface area contributed by atoms with Crippen molar-refractivity contribution >= 4 is 121 Å². The van der Waals surface area contributed by atoms with Crippen LogP contribution in [0.1, 0.15) is 93.9 Å². The van der Waals surface area contributed by atoms with Crippen LogP contribution in [-0.2, 0) is 0 Å². The fourth-order valence-corrected chi connectivity index (χ4v) is 15.4. The molecule has 16 rings (SSSR count). The number of aryl methyl sites for hydroxylation is 6. The Labute approximate surface area is 726 Å². The number of para-hydroxylation sites is 3. The summed E-state index contributed by atoms with van der Waals surface area (Å²) < 4.78 is 14.8. The summed E-state index contributed by atoms with van der Waals surface area (Å²) >= 11 is 0. The Hall–Kier alpha value is -13.7. The van der Waals surface area contributed by atoms with Gasteiger partial charge in [-0.1, -0.05) is 75.4 Å². The molecule has 0 spiro atoms. The van der Waals surface area contributed by atoms with Crippen LogP contribution in [0.4, 0.5) is 118 Å². The smallest absolute Gasteiger partial charge is 0.332 e. The van der Waals surface area contributed by atoms with Gasteiger partial charge in [0.2, 0.25) is 6.79 Å². The van der Waals surface area contributed by atoms with E-state index in [-0.39, 0.29) is 37.0 Å². The zero-order valence-electron chi connectivity index (χ0n) is 73.1. The van der Waals surface area contributed by atoms with Crippen LogP contribution >= 0.6 is 0 Å². The average molecular weight is 1670 g/mol. The number of carbonyl (C=O) groups excluding carboxylic acids is 3. The molecule has 6 N–H and O–H groups in total. The Kier molecular flexibility index (Phi) is 28.2. The quantitative estimate of drug-likeness (QED) is 0.0347. The number of carbonyl (C=O) groups is 3. The van der Waals surface area contributed by atoms with Gasteiger partial charge in [-0.05, 0) is 207 Å². The number of urea groups is 3. The lowest BCUT2D eigenvalue weighted by atomic mass is 10.1. The standard InChI is InChI=1S/C32H35N7O3.2C31H39N9O/c1-4-37-14-16-38(17-15-37)25-10-8-24(9-11-25)35-29-19-30(34-20-33-29)39(26-12-13-27-28(18-26)42-21-41-27)32(40)36-31-22(2)6-5-7-23(31)3;1-6-37-14-16-38(17-15-37)26-10-12-27(13-11-26)40(31(41)36-30-23(4)8-7-9-24(30)5)29-18-28(32-21-33-29)35-25-19-34-39(20-25)22(2)3;1-6-37-14-16-38(17-15-37)26-12-10-25(11-13-26)35-28-18-29(33-21-32-28)40(27-19-34-39(20-27)22(2)3)31(41)36-30-23(4)8-7-9-24(30)5/h5-13,18-20H,4,14-17,21H2,1-3H3,(H,36,40)(H,33,34,35);2*7-13,18-22H,6,14-17H2,1-5H3,(H,36,41)(H,32,33,35). The molecule has 0 atom stereocenters. The molecule has 0 aliphatic carbocycles. The minimum absolute atomic E-state index is 0.142. The lowest BCUT2D eigenvalue weighted by Gasteiger charge is -2.35. The maximum absolute atomic E-state index is 13.9. The first-order valence-corrected chi connectivity index (χ1v) is 42.6. The van der Waals surface area contributed by atoms with Crippen molar-refractivity contribution in [1.82, 2.24) is 64.2 Å². The molecule has 4 aliphatic heterocycles. The zero-order chi connectivity index (χ0) is 86.9. The van der Waals surface area contributed by atoms with Gasteiger partial charge in [-0.25, -0.2) is 59.0 Å². The van der Waals surface area contributed by atoms with Gasteiger partial charge in [0.25, 0.3) is 0 Å². The molecule has 124 heavy (non-hydrogen) atoms. The summed E-state index contributed by atoms with van der Waals surface area (Å²) in [5.41, 5.74) is 16.3. The second-order valence-electron chi connectivity index (χ2n) is 31.7. The van der Waals surface area contributed by atoms with Crippen molar-refractivity contribution in [3.63, 3.8) is 0 Å². The molecule has 644 valence electrons. The second-order valence-corrected chi connectivity index (χ2v) is 31.7. The first kappa shape index (κ1) is 86.7. The van der Waals surface area contributed by atoms with E-state index in [0.717, 1.165) is 171 Å². The number of piperazine rings is 3. The second kappa shape index (κ2) is 40.3. The third-order valence-corrected chi connectivity index (χ3v) is 22.7. The molecule has 9 heterocycles. The van der Waals surface area contributed by atoms with Crippen molar-refractivity contribution in [2.45, 2.75) is 102 Å². The average Bonchev–Trinajstić information content (AvgIpc) is 1.54. The molecule has 5 aromatic heterocycles. The summed E-state index contributed by atoms with van der Waals surface area (Å²) in [6.07, 6.45) is 11.6. The topological polar surface area (TPSA) is 284 Å². The molecule has 7 aromatic carbocycles. The summed E-state index contributed by atoms with van der Waals surface area (Å²) in [5.74, 6) is 4.20. The minimum atomic E-state index is -0.358. The van der Waals surface area contributed by atoms with E-state index in [1.165, 1.54) is 40.2 Å². The van der Waals surface area contributed by atoms with E-state index in [4.69, 9.17) is 9.47 Å². The molecular weight excluding hydrogens is 1560 g/mol. The van der Waals surface area contributed by atoms with Crippen LogP contribution in [0.5, 0.6) is 11.5 Å². The first-order chi connectivity index (χ1) is 60.1. The fourth-order valence-electron chi connectivity index (χ4n) is 15.4. The molecule has 6 amide bonds. The van der Waals surface area contributed by atoms with Gasteiger partial charge in [0, 0.05) is 173 Å². The largest absolute Gasteiger partial charge is 0.454 e. The van der Waals surface area contributed by atoms with Gasteiger partial charge < -0.3 is 70.8 Å². The molecule has 0 unspecified atom stereocenters. The van der Waals surface area contributed by atoms with Crippen LogP contribution in [0.3, 0.4) is 0 Å². The number of likely N-dealkylation sites (N-methyl/N-ethyl adjacent to an activating group) is 3. The van der Waals surface area contributed by atoms with Crippen LogP contribution in [0.25, 0.3) is 0 Å². The van der Waals surface area contributed by atoms with Crippen molar-refractivity contribution in [3.05, 3.63) is 241 Å². The molecule has 3 saturated heterocycles. The Balaban J connectivity index is 0.000000151. The van der Waals surface area contributed by atoms with Gasteiger partial charge >= 0.3 is 18.1 Å². The van der Waals surface area contributed by atoms with Gasteiger partial charge in [-0.2, -0.15) is 10.2 Å². The number of rotatable bonds is 23. The summed E-state index contributed by atoms with van der Waals surface area (Å²) in [5, 5.41) is 28.2. The van der Waals surface area contributed by atoms with E-state index in [0.29, 0.717) is 63.5 Å². The van der Waals surface area contributed by atoms with Gasteiger partial charge in [0.05, 0.1) is 35.1 Å². The molecule has 30 heteroatoms. The summed E-state index contributed by atoms with van der Waals surface area (Å²) in [4.78, 5) is 87.5. The van der Waals surface area contributed by atoms with E-state index in [1.54, 1.807) is 47.6 Å². The molecular formula is C94H113N25O5. The highest BCUT2D eigenvalue weighted by molar-refractivity contribution is 6.09. The van der Waals surface area contributed by atoms with E-state index < -0.39 is 0 Å². The SMILES string of the molecule is CCN1CCN(c2ccc(N(C(=O)Nc3c(C)cccc3C)c3cc(Nc4cnn(C(C)C)c4)ncn3)cc2)CC1.CCN1CCN(c2ccc(Nc3cc(N(C(=O)Nc4c(C)cccc4C)c4ccc5c(c4)OCO5)ncn3)cc2)CC1.CCN1CCN(c2ccc(Nc3cc(N(C(=O)Nc4c(C)cccc4C)c4cnn(C(C)C)c4)ncn3)cc2)CC1. The van der Waals surface area contributed by atoms with Crippen LogP contribution < -0.4 is 70.8 Å². The van der Waals surface area contributed by atoms with Crippen molar-refractivity contribution in [3.8, 4) is 11.5 Å². The van der Waals surface area contributed by atoms with Gasteiger partial charge in [-0.3, -0.25) is 9.36 Å². The maximum Gasteiger partial charge on any atom is 0.332 e. The van der Waals surface area contributed by atoms with Crippen molar-refractivity contribution in [1.29, 1.82) is 0 Å². The number of anilines is 18. The number of amides is 6. The van der Waals surface area contributed by atoms with Crippen molar-refractivity contribution in [2.75, 3.05) is 166 Å². The number of benzene rings is 7. The van der Waals surface area contributed by atoms with Crippen LogP contribution in [0.15, 0.2) is 208 Å². The lowest BCUT2D eigenvalue weighted by molar-refractivity contribution is 0.174. The fraction of sp³-hybridized carbons (Fsp3) is 0.330. The van der Waals surface area contributed by atoms with Crippen LogP contribution in [0, 0.1) is 41.5 Å². The third-order valence-electron chi connectivity index (χ3n) is 22.7. The Morgan fingerprint density at radius 3 is 1.06 bits per heavy atom. The van der Waals surface area contributed by atoms with Gasteiger partial charge in [0.15, 0.2) is 11.5 Å².